The van der Waals surface area contributed by atoms with Crippen LogP contribution in [0.4, 0.5) is 13.2 Å². The van der Waals surface area contributed by atoms with E-state index in [9.17, 15) is 22.8 Å². The molecule has 0 rings (SSSR count). The molecule has 0 saturated heterocycles. The third-order valence-corrected chi connectivity index (χ3v) is 3.04. The molecule has 0 aliphatic rings. The highest BCUT2D eigenvalue weighted by Crippen LogP contribution is 2.18. The van der Waals surface area contributed by atoms with Crippen LogP contribution in [0.25, 0.3) is 0 Å². The molecule has 2 atom stereocenters. The lowest BCUT2D eigenvalue weighted by atomic mass is 9.99. The fourth-order valence-corrected chi connectivity index (χ4v) is 1.52. The van der Waals surface area contributed by atoms with Crippen LogP contribution in [0.2, 0.25) is 0 Å². The molecule has 0 aliphatic heterocycles. The van der Waals surface area contributed by atoms with Gasteiger partial charge in [-0.15, -0.1) is 0 Å². The second-order valence-electron chi connectivity index (χ2n) is 4.61. The highest BCUT2D eigenvalue weighted by molar-refractivity contribution is 5.82. The summed E-state index contributed by atoms with van der Waals surface area (Å²) < 4.78 is 41.8. The minimum Gasteiger partial charge on any atom is -0.469 e. The van der Waals surface area contributed by atoms with Gasteiger partial charge in [0.2, 0.25) is 5.91 Å². The molecule has 2 N–H and O–H groups in total. The van der Waals surface area contributed by atoms with Gasteiger partial charge in [0.25, 0.3) is 0 Å². The number of hydrogen-bond acceptors (Lipinski definition) is 4. The van der Waals surface area contributed by atoms with Crippen LogP contribution in [0, 0.1) is 5.92 Å². The average Bonchev–Trinajstić information content (AvgIpc) is 2.38. The first kappa shape index (κ1) is 18.7. The Morgan fingerprint density at radius 3 is 2.30 bits per heavy atom. The zero-order chi connectivity index (χ0) is 15.9. The number of carbonyl (C=O) groups excluding carboxylic acids is 2. The van der Waals surface area contributed by atoms with E-state index in [0.29, 0.717) is 11.3 Å². The van der Waals surface area contributed by atoms with Crippen molar-refractivity contribution in [3.05, 3.63) is 0 Å². The van der Waals surface area contributed by atoms with Gasteiger partial charge < -0.3 is 15.4 Å². The second kappa shape index (κ2) is 8.08. The SMILES string of the molecule is CCC(C)C(N)C(=O)N(CCC(=O)OC)CC(F)(F)F. The number of esters is 1. The van der Waals surface area contributed by atoms with E-state index in [1.807, 2.05) is 0 Å². The number of nitrogens with zero attached hydrogens (tertiary/aromatic N) is 1. The van der Waals surface area contributed by atoms with Crippen LogP contribution in [0.15, 0.2) is 0 Å². The molecule has 0 aliphatic carbocycles. The minimum atomic E-state index is -4.54. The maximum absolute atomic E-state index is 12.5. The van der Waals surface area contributed by atoms with Gasteiger partial charge in [0.05, 0.1) is 19.6 Å². The molecule has 118 valence electrons. The van der Waals surface area contributed by atoms with Crippen LogP contribution in [0.5, 0.6) is 0 Å². The van der Waals surface area contributed by atoms with Crippen molar-refractivity contribution in [3.63, 3.8) is 0 Å². The van der Waals surface area contributed by atoms with Crippen molar-refractivity contribution in [1.82, 2.24) is 4.90 Å². The molecule has 20 heavy (non-hydrogen) atoms. The molecule has 0 bridgehead atoms. The lowest BCUT2D eigenvalue weighted by molar-refractivity contribution is -0.164. The number of methoxy groups -OCH3 is 1. The van der Waals surface area contributed by atoms with E-state index in [2.05, 4.69) is 4.74 Å². The highest BCUT2D eigenvalue weighted by Gasteiger charge is 2.35. The topological polar surface area (TPSA) is 72.6 Å². The molecule has 2 unspecified atom stereocenters. The quantitative estimate of drug-likeness (QED) is 0.719. The first-order valence-electron chi connectivity index (χ1n) is 6.30. The van der Waals surface area contributed by atoms with Crippen molar-refractivity contribution in [2.45, 2.75) is 38.9 Å². The summed E-state index contributed by atoms with van der Waals surface area (Å²) in [7, 11) is 1.13. The van der Waals surface area contributed by atoms with Crippen molar-refractivity contribution < 1.29 is 27.5 Å². The number of halogens is 3. The lowest BCUT2D eigenvalue weighted by Crippen LogP contribution is -2.50. The van der Waals surface area contributed by atoms with Crippen LogP contribution in [-0.2, 0) is 14.3 Å². The predicted molar refractivity (Wildman–Crippen MR) is 66.7 cm³/mol. The zero-order valence-electron chi connectivity index (χ0n) is 11.9. The molecule has 0 spiro atoms. The molecule has 0 aromatic carbocycles. The van der Waals surface area contributed by atoms with Gasteiger partial charge in [0.15, 0.2) is 0 Å². The molecule has 0 aromatic rings. The van der Waals surface area contributed by atoms with E-state index in [-0.39, 0.29) is 18.9 Å². The Morgan fingerprint density at radius 1 is 1.35 bits per heavy atom. The number of nitrogens with two attached hydrogens (primary N) is 1. The van der Waals surface area contributed by atoms with Gasteiger partial charge in [0, 0.05) is 6.54 Å². The van der Waals surface area contributed by atoms with Crippen LogP contribution < -0.4 is 5.73 Å². The van der Waals surface area contributed by atoms with Gasteiger partial charge in [0.1, 0.15) is 6.54 Å². The second-order valence-corrected chi connectivity index (χ2v) is 4.61. The highest BCUT2D eigenvalue weighted by atomic mass is 19.4. The first-order chi connectivity index (χ1) is 9.12. The number of alkyl halides is 3. The van der Waals surface area contributed by atoms with E-state index in [0.717, 1.165) is 7.11 Å². The summed E-state index contributed by atoms with van der Waals surface area (Å²) in [6.07, 6.45) is -4.27. The smallest absolute Gasteiger partial charge is 0.406 e. The lowest BCUT2D eigenvalue weighted by Gasteiger charge is -2.28. The third-order valence-electron chi connectivity index (χ3n) is 3.04. The van der Waals surface area contributed by atoms with Crippen molar-refractivity contribution in [2.24, 2.45) is 11.7 Å². The number of amides is 1. The Labute approximate surface area is 116 Å². The zero-order valence-corrected chi connectivity index (χ0v) is 11.9. The Bertz CT molecular complexity index is 334. The largest absolute Gasteiger partial charge is 0.469 e. The average molecular weight is 298 g/mol. The summed E-state index contributed by atoms with van der Waals surface area (Å²) in [5.74, 6) is -1.72. The minimum absolute atomic E-state index is 0.239. The summed E-state index contributed by atoms with van der Waals surface area (Å²) in [5, 5.41) is 0. The molecule has 1 amide bonds. The number of ether oxygens (including phenoxy) is 1. The van der Waals surface area contributed by atoms with Gasteiger partial charge in [-0.05, 0) is 5.92 Å². The molecule has 0 aromatic heterocycles. The predicted octanol–water partition coefficient (Wildman–Crippen LogP) is 1.31. The van der Waals surface area contributed by atoms with E-state index in [1.54, 1.807) is 13.8 Å². The van der Waals surface area contributed by atoms with Crippen molar-refractivity contribution >= 4 is 11.9 Å². The summed E-state index contributed by atoms with van der Waals surface area (Å²) >= 11 is 0. The maximum atomic E-state index is 12.5. The first-order valence-corrected chi connectivity index (χ1v) is 6.30. The van der Waals surface area contributed by atoms with Crippen molar-refractivity contribution in [3.8, 4) is 0 Å². The van der Waals surface area contributed by atoms with Crippen molar-refractivity contribution in [2.75, 3.05) is 20.2 Å². The van der Waals surface area contributed by atoms with E-state index in [4.69, 9.17) is 5.73 Å². The molecule has 8 heteroatoms. The van der Waals surface area contributed by atoms with Gasteiger partial charge >= 0.3 is 12.1 Å². The van der Waals surface area contributed by atoms with Gasteiger partial charge in [-0.25, -0.2) is 0 Å². The number of carbonyl (C=O) groups is 2. The maximum Gasteiger partial charge on any atom is 0.406 e. The molecule has 5 nitrogen and oxygen atoms in total. The summed E-state index contributed by atoms with van der Waals surface area (Å²) in [5.41, 5.74) is 5.66. The molecule has 0 heterocycles. The molecule has 0 saturated carbocycles. The van der Waals surface area contributed by atoms with E-state index < -0.39 is 30.6 Å². The van der Waals surface area contributed by atoms with Gasteiger partial charge in [-0.1, -0.05) is 20.3 Å². The van der Waals surface area contributed by atoms with E-state index >= 15 is 0 Å². The summed E-state index contributed by atoms with van der Waals surface area (Å²) in [6.45, 7) is 1.69. The normalized spacial score (nSPS) is 14.6. The summed E-state index contributed by atoms with van der Waals surface area (Å²) in [4.78, 5) is 23.5. The van der Waals surface area contributed by atoms with Crippen molar-refractivity contribution in [1.29, 1.82) is 0 Å². The number of rotatable bonds is 7. The van der Waals surface area contributed by atoms with Gasteiger partial charge in [-0.3, -0.25) is 9.59 Å². The summed E-state index contributed by atoms with van der Waals surface area (Å²) in [6, 6.07) is -1.01. The standard InChI is InChI=1S/C12H21F3N2O3/c1-4-8(2)10(16)11(19)17(7-12(13,14)15)6-5-9(18)20-3/h8,10H,4-7,16H2,1-3H3. The Hall–Kier alpha value is -1.31. The van der Waals surface area contributed by atoms with E-state index in [1.165, 1.54) is 0 Å². The molecular formula is C12H21F3N2O3. The molecular weight excluding hydrogens is 277 g/mol. The van der Waals surface area contributed by atoms with Crippen LogP contribution in [0.3, 0.4) is 0 Å². The van der Waals surface area contributed by atoms with Crippen LogP contribution in [-0.4, -0.2) is 49.2 Å². The third kappa shape index (κ3) is 6.74. The Kier molecular flexibility index (Phi) is 7.55. The fraction of sp³-hybridized carbons (Fsp3) is 0.833. The Morgan fingerprint density at radius 2 is 1.90 bits per heavy atom. The number of hydrogen-bond donors (Lipinski definition) is 1. The monoisotopic (exact) mass is 298 g/mol. The van der Waals surface area contributed by atoms with Crippen LogP contribution in [0.1, 0.15) is 26.7 Å². The molecule has 0 radical (unpaired) electrons. The Balaban J connectivity index is 4.82. The van der Waals surface area contributed by atoms with Gasteiger partial charge in [-0.2, -0.15) is 13.2 Å². The fourth-order valence-electron chi connectivity index (χ4n) is 1.52. The molecule has 0 fully saturated rings. The van der Waals surface area contributed by atoms with Crippen LogP contribution >= 0.6 is 0 Å².